The Kier molecular flexibility index (Phi) is 3.38. The summed E-state index contributed by atoms with van der Waals surface area (Å²) in [5, 5.41) is 9.02. The number of nitrogens with zero attached hydrogens (tertiary/aromatic N) is 1. The third kappa shape index (κ3) is 2.14. The highest BCUT2D eigenvalue weighted by Gasteiger charge is 2.59. The van der Waals surface area contributed by atoms with Gasteiger partial charge in [0, 0.05) is 19.5 Å². The van der Waals surface area contributed by atoms with Gasteiger partial charge in [-0.05, 0) is 20.8 Å². The van der Waals surface area contributed by atoms with E-state index in [2.05, 4.69) is 0 Å². The Labute approximate surface area is 92.1 Å². The fourth-order valence-corrected chi connectivity index (χ4v) is 5.31. The van der Waals surface area contributed by atoms with Crippen molar-refractivity contribution in [1.29, 1.82) is 0 Å². The zero-order valence-corrected chi connectivity index (χ0v) is 11.2. The van der Waals surface area contributed by atoms with Gasteiger partial charge in [-0.1, -0.05) is 13.8 Å². The highest BCUT2D eigenvalue weighted by Crippen LogP contribution is 2.70. The average Bonchev–Trinajstić information content (AvgIpc) is 2.18. The molecule has 0 bridgehead atoms. The first-order valence-corrected chi connectivity index (χ1v) is 7.05. The second kappa shape index (κ2) is 3.85. The molecule has 5 heteroatoms. The Hall–Kier alpha value is 0.110. The molecule has 4 nitrogen and oxygen atoms in total. The molecule has 2 unspecified atom stereocenters. The summed E-state index contributed by atoms with van der Waals surface area (Å²) in [4.78, 5) is 0. The van der Waals surface area contributed by atoms with E-state index in [1.165, 1.54) is 0 Å². The van der Waals surface area contributed by atoms with Gasteiger partial charge in [-0.3, -0.25) is 4.57 Å². The predicted molar refractivity (Wildman–Crippen MR) is 60.9 cm³/mol. The van der Waals surface area contributed by atoms with Gasteiger partial charge in [0.05, 0.1) is 5.60 Å². The van der Waals surface area contributed by atoms with Gasteiger partial charge in [0.2, 0.25) is 0 Å². The lowest BCUT2D eigenvalue weighted by Gasteiger charge is -2.33. The lowest BCUT2D eigenvalue weighted by molar-refractivity contribution is 0.0930. The summed E-state index contributed by atoms with van der Waals surface area (Å²) in [7, 11) is -3.12. The van der Waals surface area contributed by atoms with Crippen LogP contribution in [0.1, 0.15) is 41.0 Å². The van der Waals surface area contributed by atoms with Gasteiger partial charge < -0.3 is 9.63 Å². The Morgan fingerprint density at radius 1 is 1.33 bits per heavy atom. The summed E-state index contributed by atoms with van der Waals surface area (Å²) >= 11 is 0. The molecule has 1 N–H and O–H groups in total. The Morgan fingerprint density at radius 2 is 1.80 bits per heavy atom. The highest BCUT2D eigenvalue weighted by molar-refractivity contribution is 7.58. The molecule has 1 aliphatic heterocycles. The van der Waals surface area contributed by atoms with E-state index in [4.69, 9.17) is 4.52 Å². The monoisotopic (exact) mass is 235 g/mol. The Balaban J connectivity index is 3.07. The molecule has 1 saturated heterocycles. The normalized spacial score (nSPS) is 39.9. The fraction of sp³-hybridized carbons (Fsp3) is 1.00. The van der Waals surface area contributed by atoms with E-state index in [0.29, 0.717) is 19.5 Å². The second-order valence-corrected chi connectivity index (χ2v) is 7.66. The van der Waals surface area contributed by atoms with E-state index in [-0.39, 0.29) is 0 Å². The molecular formula is C10H22NO3P. The van der Waals surface area contributed by atoms with Gasteiger partial charge >= 0.3 is 7.52 Å². The molecule has 0 aliphatic carbocycles. The Morgan fingerprint density at radius 3 is 2.07 bits per heavy atom. The van der Waals surface area contributed by atoms with Gasteiger partial charge in [-0.25, -0.2) is 4.67 Å². The molecule has 1 heterocycles. The van der Waals surface area contributed by atoms with Crippen LogP contribution in [-0.4, -0.2) is 33.8 Å². The van der Waals surface area contributed by atoms with Crippen LogP contribution in [0.15, 0.2) is 0 Å². The van der Waals surface area contributed by atoms with Crippen molar-refractivity contribution < 1.29 is 14.2 Å². The van der Waals surface area contributed by atoms with Gasteiger partial charge in [0.15, 0.2) is 5.34 Å². The largest absolute Gasteiger partial charge is 0.378 e. The molecule has 0 aromatic rings. The van der Waals surface area contributed by atoms with Crippen LogP contribution in [0.4, 0.5) is 0 Å². The van der Waals surface area contributed by atoms with Crippen molar-refractivity contribution in [1.82, 2.24) is 4.67 Å². The summed E-state index contributed by atoms with van der Waals surface area (Å²) in [6.07, 6.45) is 0.410. The first-order chi connectivity index (χ1) is 6.68. The van der Waals surface area contributed by atoms with Crippen molar-refractivity contribution >= 4 is 7.52 Å². The van der Waals surface area contributed by atoms with Crippen molar-refractivity contribution in [2.75, 3.05) is 13.1 Å². The maximum Gasteiger partial charge on any atom is 0.303 e. The zero-order chi connectivity index (χ0) is 11.9. The number of hydrogen-bond donors (Lipinski definition) is 1. The highest BCUT2D eigenvalue weighted by atomic mass is 31.2. The summed E-state index contributed by atoms with van der Waals surface area (Å²) in [5.41, 5.74) is -0.512. The van der Waals surface area contributed by atoms with Gasteiger partial charge in [-0.15, -0.1) is 0 Å². The molecular weight excluding hydrogens is 213 g/mol. The summed E-state index contributed by atoms with van der Waals surface area (Å²) in [5.74, 6) is 0. The SMILES string of the molecule is CCN(CC)P1(=O)OC(C)(C)CC1(C)O. The van der Waals surface area contributed by atoms with E-state index in [0.717, 1.165) is 0 Å². The minimum absolute atomic E-state index is 0.410. The van der Waals surface area contributed by atoms with E-state index < -0.39 is 18.5 Å². The quantitative estimate of drug-likeness (QED) is 0.763. The van der Waals surface area contributed by atoms with Crippen molar-refractivity contribution in [2.45, 2.75) is 52.0 Å². The fourth-order valence-electron chi connectivity index (χ4n) is 2.33. The Bertz CT molecular complexity index is 284. The van der Waals surface area contributed by atoms with E-state index >= 15 is 0 Å². The molecule has 1 fully saturated rings. The van der Waals surface area contributed by atoms with E-state index in [1.54, 1.807) is 11.6 Å². The molecule has 90 valence electrons. The van der Waals surface area contributed by atoms with Gasteiger partial charge in [-0.2, -0.15) is 0 Å². The first-order valence-electron chi connectivity index (χ1n) is 5.47. The molecule has 0 spiro atoms. The summed E-state index contributed by atoms with van der Waals surface area (Å²) in [6.45, 7) is 10.4. The minimum atomic E-state index is -3.12. The van der Waals surface area contributed by atoms with Crippen molar-refractivity contribution in [3.8, 4) is 0 Å². The lowest BCUT2D eigenvalue weighted by atomic mass is 10.0. The van der Waals surface area contributed by atoms with Crippen LogP contribution in [0, 0.1) is 0 Å². The topological polar surface area (TPSA) is 49.8 Å². The maximum atomic E-state index is 12.7. The van der Waals surface area contributed by atoms with Crippen molar-refractivity contribution in [3.05, 3.63) is 0 Å². The van der Waals surface area contributed by atoms with Gasteiger partial charge in [0.1, 0.15) is 0 Å². The first kappa shape index (κ1) is 13.2. The van der Waals surface area contributed by atoms with Crippen LogP contribution in [0.2, 0.25) is 0 Å². The number of aliphatic hydroxyl groups is 1. The van der Waals surface area contributed by atoms with Crippen LogP contribution in [0.3, 0.4) is 0 Å². The molecule has 0 saturated carbocycles. The average molecular weight is 235 g/mol. The smallest absolute Gasteiger partial charge is 0.303 e. The third-order valence-electron chi connectivity index (χ3n) is 2.84. The van der Waals surface area contributed by atoms with Crippen LogP contribution < -0.4 is 0 Å². The molecule has 0 aromatic heterocycles. The molecule has 1 aliphatic rings. The van der Waals surface area contributed by atoms with Crippen LogP contribution in [-0.2, 0) is 9.09 Å². The summed E-state index contributed by atoms with van der Waals surface area (Å²) < 4.78 is 20.1. The summed E-state index contributed by atoms with van der Waals surface area (Å²) in [6, 6.07) is 0. The number of rotatable bonds is 3. The zero-order valence-electron chi connectivity index (χ0n) is 10.3. The van der Waals surface area contributed by atoms with Crippen LogP contribution in [0.25, 0.3) is 0 Å². The van der Waals surface area contributed by atoms with Gasteiger partial charge in [0.25, 0.3) is 0 Å². The molecule has 1 rings (SSSR count). The standard InChI is InChI=1S/C10H22NO3P/c1-6-11(7-2)15(13)10(5,12)8-9(3,4)14-15/h12H,6-8H2,1-5H3. The predicted octanol–water partition coefficient (Wildman–Crippen LogP) is 2.43. The van der Waals surface area contributed by atoms with Crippen LogP contribution in [0.5, 0.6) is 0 Å². The number of hydrogen-bond acceptors (Lipinski definition) is 3. The van der Waals surface area contributed by atoms with Crippen LogP contribution >= 0.6 is 7.52 Å². The maximum absolute atomic E-state index is 12.7. The molecule has 0 aromatic carbocycles. The van der Waals surface area contributed by atoms with Crippen molar-refractivity contribution in [3.63, 3.8) is 0 Å². The second-order valence-electron chi connectivity index (χ2n) is 4.90. The van der Waals surface area contributed by atoms with E-state index in [9.17, 15) is 9.67 Å². The van der Waals surface area contributed by atoms with Crippen molar-refractivity contribution in [2.24, 2.45) is 0 Å². The van der Waals surface area contributed by atoms with E-state index in [1.807, 2.05) is 27.7 Å². The molecule has 15 heavy (non-hydrogen) atoms. The lowest BCUT2D eigenvalue weighted by Crippen LogP contribution is -2.31. The third-order valence-corrected chi connectivity index (χ3v) is 6.27. The minimum Gasteiger partial charge on any atom is -0.378 e. The molecule has 0 amide bonds. The molecule has 2 atom stereocenters. The molecule has 0 radical (unpaired) electrons.